The number of phenols is 2. The van der Waals surface area contributed by atoms with Crippen molar-refractivity contribution >= 4 is 35.2 Å². The number of hydrogen-bond donors (Lipinski definition) is 4. The number of benzene rings is 3. The summed E-state index contributed by atoms with van der Waals surface area (Å²) in [4.78, 5) is 42.9. The molecule has 43 heavy (non-hydrogen) atoms. The molecular weight excluding hydrogens is 570 g/mol. The molecule has 0 aromatic heterocycles. The van der Waals surface area contributed by atoms with E-state index in [4.69, 9.17) is 16.3 Å². The molecule has 2 unspecified atom stereocenters. The molecule has 3 rings (SSSR count). The fourth-order valence-corrected chi connectivity index (χ4v) is 4.92. The lowest BCUT2D eigenvalue weighted by molar-refractivity contribution is -0.142. The Balaban J connectivity index is 2.11. The van der Waals surface area contributed by atoms with E-state index in [0.29, 0.717) is 27.4 Å². The third-order valence-corrected chi connectivity index (χ3v) is 7.02. The van der Waals surface area contributed by atoms with Gasteiger partial charge in [0.2, 0.25) is 5.91 Å². The standard InChI is InChI=1S/C33H40ClN3O6/c1-19(2)37(31(41)26(35-32(42)43-33(5,6)7)18-22-11-14-24(38)15-12-22)29(23-13-16-27(39)21(4)17-23)30(40)36-28-20(3)9-8-10-25(28)34/h8-17,19,26,29,38-39H,18H2,1-7H3,(H,35,42)(H,36,40). The summed E-state index contributed by atoms with van der Waals surface area (Å²) in [5, 5.41) is 25.9. The Morgan fingerprint density at radius 1 is 0.953 bits per heavy atom. The van der Waals surface area contributed by atoms with Crippen molar-refractivity contribution in [3.05, 3.63) is 87.9 Å². The van der Waals surface area contributed by atoms with Crippen LogP contribution in [0, 0.1) is 13.8 Å². The molecule has 0 aliphatic carbocycles. The number of anilines is 1. The number of amides is 3. The summed E-state index contributed by atoms with van der Waals surface area (Å²) >= 11 is 6.43. The third-order valence-electron chi connectivity index (χ3n) is 6.71. The molecule has 0 aliphatic heterocycles. The van der Waals surface area contributed by atoms with Crippen LogP contribution in [0.2, 0.25) is 5.02 Å². The molecule has 3 aromatic rings. The molecular formula is C33H40ClN3O6. The zero-order chi connectivity index (χ0) is 32.1. The number of nitrogens with one attached hydrogen (secondary N) is 2. The number of halogens is 1. The van der Waals surface area contributed by atoms with Gasteiger partial charge in [0.15, 0.2) is 0 Å². The number of ether oxygens (including phenoxy) is 1. The van der Waals surface area contributed by atoms with Gasteiger partial charge in [0, 0.05) is 12.5 Å². The van der Waals surface area contributed by atoms with Crippen LogP contribution in [-0.2, 0) is 20.7 Å². The van der Waals surface area contributed by atoms with Crippen LogP contribution in [0.25, 0.3) is 0 Å². The summed E-state index contributed by atoms with van der Waals surface area (Å²) < 4.78 is 5.46. The van der Waals surface area contributed by atoms with Gasteiger partial charge in [0.1, 0.15) is 29.2 Å². The Hall–Kier alpha value is -4.24. The zero-order valence-electron chi connectivity index (χ0n) is 25.6. The summed E-state index contributed by atoms with van der Waals surface area (Å²) in [6, 6.07) is 13.4. The lowest BCUT2D eigenvalue weighted by Crippen LogP contribution is -2.55. The topological polar surface area (TPSA) is 128 Å². The Labute approximate surface area is 257 Å². The van der Waals surface area contributed by atoms with Crippen molar-refractivity contribution in [2.45, 2.75) is 78.6 Å². The molecule has 2 atom stereocenters. The first-order valence-corrected chi connectivity index (χ1v) is 14.4. The SMILES string of the molecule is Cc1cc(C(C(=O)Nc2c(C)cccc2Cl)N(C(=O)C(Cc2ccc(O)cc2)NC(=O)OC(C)(C)C)C(C)C)ccc1O. The smallest absolute Gasteiger partial charge is 0.408 e. The summed E-state index contributed by atoms with van der Waals surface area (Å²) in [6.45, 7) is 12.2. The fourth-order valence-electron chi connectivity index (χ4n) is 4.65. The van der Waals surface area contributed by atoms with Crippen molar-refractivity contribution in [2.75, 3.05) is 5.32 Å². The van der Waals surface area contributed by atoms with E-state index >= 15 is 0 Å². The van der Waals surface area contributed by atoms with E-state index in [2.05, 4.69) is 10.6 Å². The minimum absolute atomic E-state index is 0.0454. The maximum Gasteiger partial charge on any atom is 0.408 e. The van der Waals surface area contributed by atoms with Crippen LogP contribution in [0.1, 0.15) is 62.9 Å². The van der Waals surface area contributed by atoms with Crippen LogP contribution in [0.15, 0.2) is 60.7 Å². The number of para-hydroxylation sites is 1. The van der Waals surface area contributed by atoms with Gasteiger partial charge in [0.25, 0.3) is 5.91 Å². The first kappa shape index (κ1) is 33.3. The molecule has 0 bridgehead atoms. The van der Waals surface area contributed by atoms with Crippen molar-refractivity contribution < 1.29 is 29.3 Å². The zero-order valence-corrected chi connectivity index (χ0v) is 26.3. The summed E-state index contributed by atoms with van der Waals surface area (Å²) in [7, 11) is 0. The number of carbonyl (C=O) groups is 3. The van der Waals surface area contributed by atoms with Gasteiger partial charge in [0.05, 0.1) is 10.7 Å². The molecule has 10 heteroatoms. The molecule has 4 N–H and O–H groups in total. The summed E-state index contributed by atoms with van der Waals surface area (Å²) in [6.07, 6.45) is -0.727. The number of nitrogens with zero attached hydrogens (tertiary/aromatic N) is 1. The number of alkyl carbamates (subject to hydrolysis) is 1. The average molecular weight is 610 g/mol. The van der Waals surface area contributed by atoms with Crippen LogP contribution in [0.4, 0.5) is 10.5 Å². The third kappa shape index (κ3) is 8.88. The van der Waals surface area contributed by atoms with Gasteiger partial charge < -0.3 is 30.5 Å². The second-order valence-corrected chi connectivity index (χ2v) is 12.2. The van der Waals surface area contributed by atoms with Crippen LogP contribution in [-0.4, -0.2) is 50.7 Å². The number of aryl methyl sites for hydroxylation is 2. The second-order valence-electron chi connectivity index (χ2n) is 11.8. The minimum atomic E-state index is -1.16. The van der Waals surface area contributed by atoms with Gasteiger partial charge in [-0.2, -0.15) is 0 Å². The predicted molar refractivity (Wildman–Crippen MR) is 167 cm³/mol. The van der Waals surface area contributed by atoms with Crippen molar-refractivity contribution in [1.82, 2.24) is 10.2 Å². The van der Waals surface area contributed by atoms with Gasteiger partial charge in [-0.1, -0.05) is 41.9 Å². The van der Waals surface area contributed by atoms with Gasteiger partial charge >= 0.3 is 6.09 Å². The van der Waals surface area contributed by atoms with E-state index in [1.54, 1.807) is 77.9 Å². The van der Waals surface area contributed by atoms with Crippen LogP contribution in [0.3, 0.4) is 0 Å². The number of rotatable bonds is 9. The van der Waals surface area contributed by atoms with E-state index in [1.165, 1.54) is 23.1 Å². The van der Waals surface area contributed by atoms with Gasteiger partial charge in [-0.05, 0) is 101 Å². The largest absolute Gasteiger partial charge is 0.508 e. The monoisotopic (exact) mass is 609 g/mol. The summed E-state index contributed by atoms with van der Waals surface area (Å²) in [5.41, 5.74) is 1.99. The van der Waals surface area contributed by atoms with Crippen molar-refractivity contribution in [3.63, 3.8) is 0 Å². The van der Waals surface area contributed by atoms with E-state index < -0.39 is 41.6 Å². The highest BCUT2D eigenvalue weighted by molar-refractivity contribution is 6.34. The Bertz CT molecular complexity index is 1450. The first-order chi connectivity index (χ1) is 20.1. The molecule has 230 valence electrons. The van der Waals surface area contributed by atoms with E-state index in [0.717, 1.165) is 5.56 Å². The molecule has 9 nitrogen and oxygen atoms in total. The first-order valence-electron chi connectivity index (χ1n) is 14.0. The molecule has 0 heterocycles. The maximum absolute atomic E-state index is 14.5. The van der Waals surface area contributed by atoms with Crippen molar-refractivity contribution in [3.8, 4) is 11.5 Å². The molecule has 3 aromatic carbocycles. The Kier molecular flexibility index (Phi) is 10.7. The quantitative estimate of drug-likeness (QED) is 0.222. The lowest BCUT2D eigenvalue weighted by Gasteiger charge is -2.37. The number of aromatic hydroxyl groups is 2. The van der Waals surface area contributed by atoms with Gasteiger partial charge in [-0.15, -0.1) is 0 Å². The molecule has 0 radical (unpaired) electrons. The summed E-state index contributed by atoms with van der Waals surface area (Å²) in [5.74, 6) is -0.950. The van der Waals surface area contributed by atoms with Crippen LogP contribution in [0.5, 0.6) is 11.5 Å². The van der Waals surface area contributed by atoms with E-state index in [9.17, 15) is 24.6 Å². The highest BCUT2D eigenvalue weighted by Crippen LogP contribution is 2.32. The van der Waals surface area contributed by atoms with Crippen LogP contribution < -0.4 is 10.6 Å². The molecule has 0 fully saturated rings. The predicted octanol–water partition coefficient (Wildman–Crippen LogP) is 6.42. The second kappa shape index (κ2) is 13.8. The van der Waals surface area contributed by atoms with Gasteiger partial charge in [-0.3, -0.25) is 9.59 Å². The Morgan fingerprint density at radius 2 is 1.60 bits per heavy atom. The average Bonchev–Trinajstić information content (AvgIpc) is 2.90. The van der Waals surface area contributed by atoms with Crippen molar-refractivity contribution in [1.29, 1.82) is 0 Å². The van der Waals surface area contributed by atoms with E-state index in [-0.39, 0.29) is 17.9 Å². The number of hydrogen-bond acceptors (Lipinski definition) is 6. The highest BCUT2D eigenvalue weighted by atomic mass is 35.5. The fraction of sp³-hybridized carbons (Fsp3) is 0.364. The molecule has 0 aliphatic rings. The molecule has 0 saturated carbocycles. The van der Waals surface area contributed by atoms with Crippen molar-refractivity contribution in [2.24, 2.45) is 0 Å². The Morgan fingerprint density at radius 3 is 2.16 bits per heavy atom. The number of phenolic OH excluding ortho intramolecular Hbond substituents is 2. The minimum Gasteiger partial charge on any atom is -0.508 e. The molecule has 0 spiro atoms. The van der Waals surface area contributed by atoms with Crippen LogP contribution >= 0.6 is 11.6 Å². The maximum atomic E-state index is 14.5. The van der Waals surface area contributed by atoms with E-state index in [1.807, 2.05) is 13.0 Å². The highest BCUT2D eigenvalue weighted by Gasteiger charge is 2.38. The molecule has 0 saturated heterocycles. The normalized spacial score (nSPS) is 12.8. The molecule has 3 amide bonds. The number of carbonyl (C=O) groups excluding carboxylic acids is 3. The lowest BCUT2D eigenvalue weighted by atomic mass is 9.97. The van der Waals surface area contributed by atoms with Gasteiger partial charge in [-0.25, -0.2) is 4.79 Å².